The number of carbonyl (C=O) groups excluding carboxylic acids is 1. The van der Waals surface area contributed by atoms with Gasteiger partial charge >= 0.3 is 0 Å². The maximum Gasteiger partial charge on any atom is 0.234 e. The largest absolute Gasteiger partial charge is 0.355 e. The van der Waals surface area contributed by atoms with Gasteiger partial charge in [0.05, 0.1) is 6.54 Å². The second kappa shape index (κ2) is 30.4. The number of hydrogen-bond acceptors (Lipinski definition) is 2. The zero-order valence-corrected chi connectivity index (χ0v) is 26.9. The van der Waals surface area contributed by atoms with E-state index >= 15 is 0 Å². The van der Waals surface area contributed by atoms with Crippen LogP contribution in [0.2, 0.25) is 0 Å². The maximum absolute atomic E-state index is 12.7. The molecule has 0 unspecified atom stereocenters. The zero-order valence-electron chi connectivity index (χ0n) is 26.9. The number of nitrogens with zero attached hydrogens (tertiary/aromatic N) is 1. The van der Waals surface area contributed by atoms with E-state index in [9.17, 15) is 4.79 Å². The molecule has 1 saturated heterocycles. The predicted octanol–water partition coefficient (Wildman–Crippen LogP) is 11.1. The first kappa shape index (κ1) is 36.5. The highest BCUT2D eigenvalue weighted by Crippen LogP contribution is 2.16. The number of hydrogen-bond donors (Lipinski definition) is 1. The molecular weight excluding hydrogens is 476 g/mol. The maximum atomic E-state index is 12.7. The van der Waals surface area contributed by atoms with Crippen LogP contribution in [0.4, 0.5) is 0 Å². The van der Waals surface area contributed by atoms with Crippen LogP contribution in [0.1, 0.15) is 200 Å². The van der Waals surface area contributed by atoms with Crippen LogP contribution in [0, 0.1) is 0 Å². The molecule has 1 aliphatic rings. The lowest BCUT2D eigenvalue weighted by molar-refractivity contribution is -0.122. The van der Waals surface area contributed by atoms with E-state index in [0.29, 0.717) is 6.54 Å². The summed E-state index contributed by atoms with van der Waals surface area (Å²) in [6.07, 6.45) is 41.6. The molecular formula is C36H72N2O. The van der Waals surface area contributed by atoms with Crippen LogP contribution in [0.5, 0.6) is 0 Å². The van der Waals surface area contributed by atoms with Gasteiger partial charge in [0.25, 0.3) is 0 Å². The highest BCUT2D eigenvalue weighted by atomic mass is 16.2. The first-order valence-electron chi connectivity index (χ1n) is 18.3. The number of carbonyl (C=O) groups is 1. The summed E-state index contributed by atoms with van der Waals surface area (Å²) in [5.41, 5.74) is 0. The summed E-state index contributed by atoms with van der Waals surface area (Å²) < 4.78 is 0. The molecule has 39 heavy (non-hydrogen) atoms. The van der Waals surface area contributed by atoms with Crippen LogP contribution in [0.25, 0.3) is 0 Å². The van der Waals surface area contributed by atoms with Gasteiger partial charge in [-0.25, -0.2) is 0 Å². The molecule has 0 saturated carbocycles. The normalized spacial score (nSPS) is 19.4. The molecule has 1 rings (SSSR count). The van der Waals surface area contributed by atoms with Crippen molar-refractivity contribution >= 4 is 5.91 Å². The molecule has 1 aliphatic heterocycles. The smallest absolute Gasteiger partial charge is 0.234 e. The fraction of sp³-hybridized carbons (Fsp3) is 0.972. The van der Waals surface area contributed by atoms with Gasteiger partial charge < -0.3 is 5.32 Å². The lowest BCUT2D eigenvalue weighted by atomic mass is 10.0. The van der Waals surface area contributed by atoms with Crippen LogP contribution in [-0.2, 0) is 4.79 Å². The molecule has 0 spiro atoms. The Labute approximate surface area is 246 Å². The highest BCUT2D eigenvalue weighted by molar-refractivity contribution is 5.77. The van der Waals surface area contributed by atoms with E-state index in [0.717, 1.165) is 26.1 Å². The topological polar surface area (TPSA) is 32.3 Å². The molecule has 0 aromatic heterocycles. The number of nitrogens with one attached hydrogen (secondary N) is 1. The van der Waals surface area contributed by atoms with Crippen molar-refractivity contribution in [3.63, 3.8) is 0 Å². The number of unbranched alkanes of at least 4 members (excludes halogenated alkanes) is 9. The van der Waals surface area contributed by atoms with Crippen LogP contribution < -0.4 is 5.32 Å². The van der Waals surface area contributed by atoms with Crippen LogP contribution in [0.3, 0.4) is 0 Å². The van der Waals surface area contributed by atoms with Crippen molar-refractivity contribution in [2.75, 3.05) is 26.2 Å². The Morgan fingerprint density at radius 2 is 0.769 bits per heavy atom. The summed E-state index contributed by atoms with van der Waals surface area (Å²) in [7, 11) is 0. The van der Waals surface area contributed by atoms with Gasteiger partial charge in [-0.3, -0.25) is 9.69 Å². The minimum Gasteiger partial charge on any atom is -0.355 e. The molecule has 1 fully saturated rings. The van der Waals surface area contributed by atoms with Crippen molar-refractivity contribution in [2.24, 2.45) is 0 Å². The van der Waals surface area contributed by atoms with Crippen molar-refractivity contribution in [3.05, 3.63) is 0 Å². The molecule has 1 N–H and O–H groups in total. The van der Waals surface area contributed by atoms with Crippen LogP contribution >= 0.6 is 0 Å². The van der Waals surface area contributed by atoms with Crippen LogP contribution in [-0.4, -0.2) is 37.0 Å². The second-order valence-electron chi connectivity index (χ2n) is 12.9. The Hall–Kier alpha value is -0.570. The monoisotopic (exact) mass is 549 g/mol. The van der Waals surface area contributed by atoms with Crippen molar-refractivity contribution in [3.8, 4) is 0 Å². The van der Waals surface area contributed by atoms with E-state index in [2.05, 4.69) is 17.1 Å². The average Bonchev–Trinajstić information content (AvgIpc) is 2.93. The molecule has 3 nitrogen and oxygen atoms in total. The van der Waals surface area contributed by atoms with Crippen molar-refractivity contribution in [2.45, 2.75) is 200 Å². The Kier molecular flexibility index (Phi) is 28.4. The van der Waals surface area contributed by atoms with Gasteiger partial charge in [0.1, 0.15) is 0 Å². The van der Waals surface area contributed by atoms with Crippen LogP contribution in [0.15, 0.2) is 0 Å². The summed E-state index contributed by atoms with van der Waals surface area (Å²) in [5, 5.41) is 3.23. The van der Waals surface area contributed by atoms with E-state index in [1.54, 1.807) is 0 Å². The molecule has 0 atom stereocenters. The number of amides is 1. The summed E-state index contributed by atoms with van der Waals surface area (Å²) in [5.74, 6) is 0.253. The van der Waals surface area contributed by atoms with E-state index in [-0.39, 0.29) is 5.91 Å². The summed E-state index contributed by atoms with van der Waals surface area (Å²) in [4.78, 5) is 15.1. The van der Waals surface area contributed by atoms with Gasteiger partial charge in [0.15, 0.2) is 0 Å². The Morgan fingerprint density at radius 1 is 0.462 bits per heavy atom. The van der Waals surface area contributed by atoms with E-state index in [1.807, 2.05) is 0 Å². The van der Waals surface area contributed by atoms with Gasteiger partial charge in [0.2, 0.25) is 5.91 Å². The van der Waals surface area contributed by atoms with Gasteiger partial charge in [-0.05, 0) is 32.4 Å². The number of rotatable bonds is 13. The Bertz CT molecular complexity index is 470. The molecule has 0 radical (unpaired) electrons. The van der Waals surface area contributed by atoms with Crippen molar-refractivity contribution < 1.29 is 4.79 Å². The highest BCUT2D eigenvalue weighted by Gasteiger charge is 2.10. The quantitative estimate of drug-likeness (QED) is 0.232. The van der Waals surface area contributed by atoms with E-state index < -0.39 is 0 Å². The molecule has 0 aromatic rings. The minimum atomic E-state index is 0.253. The molecule has 232 valence electrons. The van der Waals surface area contributed by atoms with E-state index in [1.165, 1.54) is 186 Å². The van der Waals surface area contributed by atoms with Gasteiger partial charge in [-0.15, -0.1) is 0 Å². The Morgan fingerprint density at radius 3 is 1.13 bits per heavy atom. The minimum absolute atomic E-state index is 0.253. The molecule has 1 amide bonds. The van der Waals surface area contributed by atoms with Crippen molar-refractivity contribution in [1.29, 1.82) is 0 Å². The fourth-order valence-electron chi connectivity index (χ4n) is 6.22. The second-order valence-corrected chi connectivity index (χ2v) is 12.9. The molecule has 1 heterocycles. The third kappa shape index (κ3) is 27.4. The third-order valence-electron chi connectivity index (χ3n) is 8.92. The molecule has 3 heteroatoms. The SMILES string of the molecule is CCCCCCCCCCCCNC(=O)CN1CCCCCCCCCCCCCCCCCCCCCC1. The molecule has 0 aliphatic carbocycles. The zero-order chi connectivity index (χ0) is 27.9. The molecule has 0 bridgehead atoms. The first-order valence-corrected chi connectivity index (χ1v) is 18.3. The fourth-order valence-corrected chi connectivity index (χ4v) is 6.22. The average molecular weight is 549 g/mol. The summed E-state index contributed by atoms with van der Waals surface area (Å²) in [6.45, 7) is 5.96. The predicted molar refractivity (Wildman–Crippen MR) is 174 cm³/mol. The van der Waals surface area contributed by atoms with Gasteiger partial charge in [0, 0.05) is 6.54 Å². The molecule has 0 aromatic carbocycles. The van der Waals surface area contributed by atoms with Gasteiger partial charge in [-0.2, -0.15) is 0 Å². The van der Waals surface area contributed by atoms with Gasteiger partial charge in [-0.1, -0.05) is 180 Å². The lowest BCUT2D eigenvalue weighted by Gasteiger charge is -2.22. The summed E-state index contributed by atoms with van der Waals surface area (Å²) >= 11 is 0. The van der Waals surface area contributed by atoms with Crippen molar-refractivity contribution in [1.82, 2.24) is 10.2 Å². The first-order chi connectivity index (χ1) is 19.3. The third-order valence-corrected chi connectivity index (χ3v) is 8.92. The van der Waals surface area contributed by atoms with E-state index in [4.69, 9.17) is 0 Å². The summed E-state index contributed by atoms with van der Waals surface area (Å²) in [6, 6.07) is 0. The lowest BCUT2D eigenvalue weighted by Crippen LogP contribution is -2.38. The standard InChI is InChI=1S/C36H72N2O/c1-2-3-4-5-6-7-20-23-26-29-32-37-36(39)35-38-33-30-27-24-21-18-16-14-12-10-8-9-11-13-15-17-19-22-25-28-31-34-38/h2-35H2,1H3,(H,37,39). The Balaban J connectivity index is 2.21.